The van der Waals surface area contributed by atoms with Gasteiger partial charge in [-0.1, -0.05) is 6.07 Å². The molecule has 110 valence electrons. The second-order valence-electron chi connectivity index (χ2n) is 4.67. The van der Waals surface area contributed by atoms with Gasteiger partial charge in [-0.25, -0.2) is 4.79 Å². The van der Waals surface area contributed by atoms with Crippen LogP contribution < -0.4 is 5.32 Å². The van der Waals surface area contributed by atoms with Crippen molar-refractivity contribution in [1.82, 2.24) is 10.2 Å². The van der Waals surface area contributed by atoms with Crippen LogP contribution in [0.15, 0.2) is 28.9 Å². The Bertz CT molecular complexity index is 639. The number of nitrogens with one attached hydrogen (secondary N) is 1. The van der Waals surface area contributed by atoms with Gasteiger partial charge in [0.1, 0.15) is 0 Å². The maximum atomic E-state index is 12.0. The van der Waals surface area contributed by atoms with E-state index < -0.39 is 5.97 Å². The first-order valence-electron chi connectivity index (χ1n) is 6.28. The zero-order valence-electron chi connectivity index (χ0n) is 10.9. The van der Waals surface area contributed by atoms with Gasteiger partial charge in [-0.3, -0.25) is 14.5 Å². The van der Waals surface area contributed by atoms with E-state index in [2.05, 4.69) is 5.32 Å². The third-order valence-electron chi connectivity index (χ3n) is 3.26. The Labute approximate surface area is 128 Å². The summed E-state index contributed by atoms with van der Waals surface area (Å²) in [5.74, 6) is -1.26. The summed E-state index contributed by atoms with van der Waals surface area (Å²) in [5.41, 5.74) is 0.216. The van der Waals surface area contributed by atoms with Crippen molar-refractivity contribution in [3.63, 3.8) is 0 Å². The van der Waals surface area contributed by atoms with Crippen LogP contribution in [0, 0.1) is 0 Å². The molecule has 21 heavy (non-hydrogen) atoms. The minimum atomic E-state index is -1.18. The molecule has 2 amide bonds. The lowest BCUT2D eigenvalue weighted by Gasteiger charge is -2.43. The van der Waals surface area contributed by atoms with E-state index in [1.807, 2.05) is 17.5 Å². The average Bonchev–Trinajstić information content (AvgIpc) is 2.91. The van der Waals surface area contributed by atoms with Crippen molar-refractivity contribution in [1.29, 1.82) is 0 Å². The summed E-state index contributed by atoms with van der Waals surface area (Å²) >= 11 is 2.94. The number of β-lactam (4-membered cyclic amide) rings is 1. The van der Waals surface area contributed by atoms with Gasteiger partial charge < -0.3 is 10.4 Å². The standard InChI is InChI=1S/C13H12N2O4S2/c16-9(4-7-2-1-3-20-7)14-8-6-21-11-5-10(17)15(11)12(8)13(18)19/h1-3,11H,4-6H2,(H,14,16)(H,18,19)/t11-/m1/s1. The smallest absolute Gasteiger partial charge is 0.354 e. The molecule has 3 heterocycles. The summed E-state index contributed by atoms with van der Waals surface area (Å²) in [6, 6.07) is 3.70. The molecule has 1 aromatic heterocycles. The number of carboxylic acids is 1. The summed E-state index contributed by atoms with van der Waals surface area (Å²) in [5, 5.41) is 13.7. The van der Waals surface area contributed by atoms with Crippen LogP contribution >= 0.6 is 23.1 Å². The number of thiophene rings is 1. The van der Waals surface area contributed by atoms with Gasteiger partial charge >= 0.3 is 5.97 Å². The number of carboxylic acid groups (broad SMARTS) is 1. The SMILES string of the molecule is O=C(Cc1cccs1)NC1=C(C(=O)O)N2C(=O)C[C@H]2SC1. The molecule has 1 aromatic rings. The van der Waals surface area contributed by atoms with E-state index in [-0.39, 0.29) is 29.3 Å². The Balaban J connectivity index is 1.78. The van der Waals surface area contributed by atoms with Crippen molar-refractivity contribution in [2.75, 3.05) is 5.75 Å². The monoisotopic (exact) mass is 324 g/mol. The number of aliphatic carboxylic acids is 1. The van der Waals surface area contributed by atoms with E-state index in [1.54, 1.807) is 0 Å². The van der Waals surface area contributed by atoms with E-state index >= 15 is 0 Å². The lowest BCUT2D eigenvalue weighted by Crippen LogP contribution is -2.55. The first-order valence-corrected chi connectivity index (χ1v) is 8.21. The van der Waals surface area contributed by atoms with E-state index in [1.165, 1.54) is 28.0 Å². The summed E-state index contributed by atoms with van der Waals surface area (Å²) in [4.78, 5) is 37.1. The fraction of sp³-hybridized carbons (Fsp3) is 0.308. The second-order valence-corrected chi connectivity index (χ2v) is 6.87. The maximum Gasteiger partial charge on any atom is 0.354 e. The molecule has 0 aliphatic carbocycles. The highest BCUT2D eigenvalue weighted by Crippen LogP contribution is 2.39. The van der Waals surface area contributed by atoms with Gasteiger partial charge in [-0.05, 0) is 11.4 Å². The molecule has 0 aromatic carbocycles. The predicted molar refractivity (Wildman–Crippen MR) is 78.5 cm³/mol. The third kappa shape index (κ3) is 2.68. The highest BCUT2D eigenvalue weighted by Gasteiger charge is 2.45. The van der Waals surface area contributed by atoms with Gasteiger partial charge in [0.05, 0.1) is 23.9 Å². The normalized spacial score (nSPS) is 20.9. The summed E-state index contributed by atoms with van der Waals surface area (Å²) in [6.45, 7) is 0. The van der Waals surface area contributed by atoms with Crippen molar-refractivity contribution in [3.8, 4) is 0 Å². The molecule has 8 heteroatoms. The van der Waals surface area contributed by atoms with E-state index in [4.69, 9.17) is 0 Å². The molecular formula is C13H12N2O4S2. The molecule has 2 aliphatic rings. The van der Waals surface area contributed by atoms with Crippen molar-refractivity contribution >= 4 is 40.9 Å². The molecule has 2 aliphatic heterocycles. The fourth-order valence-corrected chi connectivity index (χ4v) is 4.20. The predicted octanol–water partition coefficient (Wildman–Crippen LogP) is 1.01. The molecule has 0 saturated carbocycles. The summed E-state index contributed by atoms with van der Waals surface area (Å²) in [7, 11) is 0. The van der Waals surface area contributed by atoms with Crippen LogP contribution in [-0.4, -0.2) is 38.9 Å². The second kappa shape index (κ2) is 5.53. The van der Waals surface area contributed by atoms with E-state index in [0.717, 1.165) is 4.88 Å². The molecule has 0 spiro atoms. The molecule has 1 fully saturated rings. The number of thioether (sulfide) groups is 1. The molecule has 0 unspecified atom stereocenters. The Kier molecular flexibility index (Phi) is 3.73. The topological polar surface area (TPSA) is 86.7 Å². The number of rotatable bonds is 4. The number of nitrogens with zero attached hydrogens (tertiary/aromatic N) is 1. The molecule has 1 atom stereocenters. The molecule has 3 rings (SSSR count). The van der Waals surface area contributed by atoms with Crippen LogP contribution in [0.4, 0.5) is 0 Å². The Hall–Kier alpha value is -1.80. The minimum Gasteiger partial charge on any atom is -0.477 e. The number of amides is 2. The highest BCUT2D eigenvalue weighted by atomic mass is 32.2. The zero-order chi connectivity index (χ0) is 15.0. The zero-order valence-corrected chi connectivity index (χ0v) is 12.5. The van der Waals surface area contributed by atoms with Crippen LogP contribution in [0.5, 0.6) is 0 Å². The van der Waals surface area contributed by atoms with Crippen LogP contribution in [0.1, 0.15) is 11.3 Å². The number of fused-ring (bicyclic) bond motifs is 1. The fourth-order valence-electron chi connectivity index (χ4n) is 2.29. The van der Waals surface area contributed by atoms with Crippen LogP contribution in [-0.2, 0) is 20.8 Å². The van der Waals surface area contributed by atoms with Crippen molar-refractivity contribution < 1.29 is 19.5 Å². The van der Waals surface area contributed by atoms with Crippen molar-refractivity contribution in [3.05, 3.63) is 33.8 Å². The minimum absolute atomic E-state index is 0.0884. The molecular weight excluding hydrogens is 312 g/mol. The summed E-state index contributed by atoms with van der Waals surface area (Å²) < 4.78 is 0. The third-order valence-corrected chi connectivity index (χ3v) is 5.35. The lowest BCUT2D eigenvalue weighted by molar-refractivity contribution is -0.146. The number of carbonyl (C=O) groups excluding carboxylic acids is 2. The van der Waals surface area contributed by atoms with Crippen LogP contribution in [0.3, 0.4) is 0 Å². The van der Waals surface area contributed by atoms with Crippen molar-refractivity contribution in [2.45, 2.75) is 18.2 Å². The van der Waals surface area contributed by atoms with Gasteiger partial charge in [0, 0.05) is 10.6 Å². The van der Waals surface area contributed by atoms with Gasteiger partial charge in [0.2, 0.25) is 11.8 Å². The molecule has 1 saturated heterocycles. The maximum absolute atomic E-state index is 12.0. The average molecular weight is 324 g/mol. The molecule has 0 bridgehead atoms. The molecule has 0 radical (unpaired) electrons. The van der Waals surface area contributed by atoms with Gasteiger partial charge in [-0.15, -0.1) is 23.1 Å². The Morgan fingerprint density at radius 2 is 2.29 bits per heavy atom. The van der Waals surface area contributed by atoms with Crippen molar-refractivity contribution in [2.24, 2.45) is 0 Å². The quantitative estimate of drug-likeness (QED) is 0.807. The van der Waals surface area contributed by atoms with Gasteiger partial charge in [0.25, 0.3) is 0 Å². The van der Waals surface area contributed by atoms with E-state index in [9.17, 15) is 19.5 Å². The molecule has 2 N–H and O–H groups in total. The molecule has 6 nitrogen and oxygen atoms in total. The van der Waals surface area contributed by atoms with Crippen LogP contribution in [0.25, 0.3) is 0 Å². The summed E-state index contributed by atoms with van der Waals surface area (Å²) in [6.07, 6.45) is 0.563. The first-order chi connectivity index (χ1) is 10.1. The number of hydrogen-bond donors (Lipinski definition) is 2. The lowest BCUT2D eigenvalue weighted by atomic mass is 10.1. The first kappa shape index (κ1) is 14.2. The number of hydrogen-bond acceptors (Lipinski definition) is 5. The van der Waals surface area contributed by atoms with Gasteiger partial charge in [0.15, 0.2) is 5.70 Å². The van der Waals surface area contributed by atoms with E-state index in [0.29, 0.717) is 17.9 Å². The Morgan fingerprint density at radius 3 is 2.90 bits per heavy atom. The highest BCUT2D eigenvalue weighted by molar-refractivity contribution is 8.00. The van der Waals surface area contributed by atoms with Crippen LogP contribution in [0.2, 0.25) is 0 Å². The number of carbonyl (C=O) groups is 3. The largest absolute Gasteiger partial charge is 0.477 e. The van der Waals surface area contributed by atoms with Gasteiger partial charge in [-0.2, -0.15) is 0 Å². The Morgan fingerprint density at radius 1 is 1.48 bits per heavy atom.